The van der Waals surface area contributed by atoms with Gasteiger partial charge in [0.15, 0.2) is 0 Å². The normalized spacial score (nSPS) is 22.7. The zero-order valence-electron chi connectivity index (χ0n) is 14.2. The van der Waals surface area contributed by atoms with Crippen molar-refractivity contribution < 1.29 is 4.79 Å². The summed E-state index contributed by atoms with van der Waals surface area (Å²) in [6, 6.07) is 1.85. The Labute approximate surface area is 141 Å². The van der Waals surface area contributed by atoms with Crippen molar-refractivity contribution in [1.82, 2.24) is 19.9 Å². The molecule has 2 aromatic rings. The lowest BCUT2D eigenvalue weighted by Gasteiger charge is -2.40. The highest BCUT2D eigenvalue weighted by Gasteiger charge is 2.45. The summed E-state index contributed by atoms with van der Waals surface area (Å²) in [4.78, 5) is 29.0. The van der Waals surface area contributed by atoms with Gasteiger partial charge in [-0.25, -0.2) is 9.97 Å². The molecule has 1 aliphatic carbocycles. The van der Waals surface area contributed by atoms with Crippen molar-refractivity contribution in [3.05, 3.63) is 41.5 Å². The average molecular weight is 325 g/mol. The molecule has 4 rings (SSSR count). The van der Waals surface area contributed by atoms with E-state index in [1.54, 1.807) is 12.4 Å². The quantitative estimate of drug-likeness (QED) is 0.917. The van der Waals surface area contributed by atoms with E-state index in [2.05, 4.69) is 9.97 Å². The number of piperidine rings is 1. The number of aromatic nitrogens is 3. The number of anilines is 1. The number of amides is 1. The van der Waals surface area contributed by atoms with Crippen molar-refractivity contribution in [2.75, 3.05) is 32.1 Å². The second kappa shape index (κ2) is 5.61. The van der Waals surface area contributed by atoms with E-state index in [1.165, 1.54) is 5.56 Å². The molecule has 0 saturated carbocycles. The van der Waals surface area contributed by atoms with Crippen LogP contribution in [0.2, 0.25) is 0 Å². The van der Waals surface area contributed by atoms with E-state index in [9.17, 15) is 4.79 Å². The number of hydrogen-bond acceptors (Lipinski definition) is 4. The van der Waals surface area contributed by atoms with Crippen molar-refractivity contribution in [2.24, 2.45) is 0 Å². The van der Waals surface area contributed by atoms with Gasteiger partial charge in [0.1, 0.15) is 0 Å². The number of aromatic amines is 1. The van der Waals surface area contributed by atoms with Crippen LogP contribution in [0.3, 0.4) is 0 Å². The van der Waals surface area contributed by atoms with Crippen LogP contribution in [0, 0.1) is 0 Å². The molecule has 0 radical (unpaired) electrons. The Hall–Kier alpha value is -2.37. The number of fused-ring (bicyclic) bond motifs is 2. The SMILES string of the molecule is CN(C)c1ncc2c(n1)C1(CCCN(C(=O)c3cc[nH]c3)C1)CC2. The first-order chi connectivity index (χ1) is 11.6. The number of carbonyl (C=O) groups is 1. The Kier molecular flexibility index (Phi) is 3.55. The maximum atomic E-state index is 12.8. The number of nitrogens with one attached hydrogen (secondary N) is 1. The Bertz CT molecular complexity index is 751. The zero-order valence-corrected chi connectivity index (χ0v) is 14.2. The van der Waals surface area contributed by atoms with Gasteiger partial charge in [-0.3, -0.25) is 4.79 Å². The highest BCUT2D eigenvalue weighted by Crippen LogP contribution is 2.44. The summed E-state index contributed by atoms with van der Waals surface area (Å²) in [5, 5.41) is 0. The maximum absolute atomic E-state index is 12.8. The molecule has 1 spiro atoms. The molecule has 2 aliphatic rings. The summed E-state index contributed by atoms with van der Waals surface area (Å²) in [6.45, 7) is 1.58. The third-order valence-corrected chi connectivity index (χ3v) is 5.34. The van der Waals surface area contributed by atoms with Crippen LogP contribution in [-0.4, -0.2) is 52.9 Å². The minimum absolute atomic E-state index is 0.00670. The summed E-state index contributed by atoms with van der Waals surface area (Å²) in [5.74, 6) is 0.870. The number of aryl methyl sites for hydroxylation is 1. The van der Waals surface area contributed by atoms with Crippen LogP contribution in [0.5, 0.6) is 0 Å². The van der Waals surface area contributed by atoms with E-state index in [4.69, 9.17) is 4.98 Å². The number of rotatable bonds is 2. The smallest absolute Gasteiger partial charge is 0.255 e. The number of H-pyrrole nitrogens is 1. The molecule has 1 amide bonds. The van der Waals surface area contributed by atoms with Crippen LogP contribution in [0.4, 0.5) is 5.95 Å². The molecule has 1 saturated heterocycles. The van der Waals surface area contributed by atoms with E-state index in [1.807, 2.05) is 36.2 Å². The van der Waals surface area contributed by atoms with Crippen molar-refractivity contribution >= 4 is 11.9 Å². The molecule has 24 heavy (non-hydrogen) atoms. The summed E-state index contributed by atoms with van der Waals surface area (Å²) in [5.41, 5.74) is 3.14. The van der Waals surface area contributed by atoms with Crippen molar-refractivity contribution in [3.8, 4) is 0 Å². The molecule has 1 unspecified atom stereocenters. The molecule has 1 N–H and O–H groups in total. The number of carbonyl (C=O) groups excluding carboxylic acids is 1. The lowest BCUT2D eigenvalue weighted by molar-refractivity contribution is 0.0633. The van der Waals surface area contributed by atoms with Gasteiger partial charge >= 0.3 is 0 Å². The van der Waals surface area contributed by atoms with Gasteiger partial charge in [-0.05, 0) is 37.3 Å². The van der Waals surface area contributed by atoms with Gasteiger partial charge in [0.2, 0.25) is 5.95 Å². The molecule has 2 aromatic heterocycles. The van der Waals surface area contributed by atoms with Crippen molar-refractivity contribution in [2.45, 2.75) is 31.1 Å². The van der Waals surface area contributed by atoms with E-state index in [0.29, 0.717) is 0 Å². The molecule has 1 atom stereocenters. The molecule has 1 fully saturated rings. The first-order valence-electron chi connectivity index (χ1n) is 8.55. The molecule has 0 bridgehead atoms. The second-order valence-corrected chi connectivity index (χ2v) is 7.15. The molecular formula is C18H23N5O. The van der Waals surface area contributed by atoms with Gasteiger partial charge in [-0.2, -0.15) is 0 Å². The topological polar surface area (TPSA) is 65.1 Å². The van der Waals surface area contributed by atoms with Crippen LogP contribution >= 0.6 is 0 Å². The third kappa shape index (κ3) is 2.37. The minimum Gasteiger partial charge on any atom is -0.367 e. The Balaban J connectivity index is 1.65. The standard InChI is InChI=1S/C18H23N5O/c1-22(2)17-20-11-13-4-7-18(15(13)21-17)6-3-9-23(12-18)16(24)14-5-8-19-10-14/h5,8,10-11,19H,3-4,6-7,9,12H2,1-2H3. The molecule has 126 valence electrons. The van der Waals surface area contributed by atoms with Crippen LogP contribution < -0.4 is 4.90 Å². The summed E-state index contributed by atoms with van der Waals surface area (Å²) >= 11 is 0. The molecule has 0 aromatic carbocycles. The highest BCUT2D eigenvalue weighted by atomic mass is 16.2. The molecule has 1 aliphatic heterocycles. The number of hydrogen-bond donors (Lipinski definition) is 1. The van der Waals surface area contributed by atoms with E-state index in [0.717, 1.165) is 56.0 Å². The van der Waals surface area contributed by atoms with Crippen LogP contribution in [0.15, 0.2) is 24.7 Å². The number of nitrogens with zero attached hydrogens (tertiary/aromatic N) is 4. The van der Waals surface area contributed by atoms with Crippen molar-refractivity contribution in [3.63, 3.8) is 0 Å². The van der Waals surface area contributed by atoms with Gasteiger partial charge < -0.3 is 14.8 Å². The molecule has 6 heteroatoms. The second-order valence-electron chi connectivity index (χ2n) is 7.15. The molecule has 6 nitrogen and oxygen atoms in total. The average Bonchev–Trinajstić information content (AvgIpc) is 3.23. The van der Waals surface area contributed by atoms with Crippen molar-refractivity contribution in [1.29, 1.82) is 0 Å². The summed E-state index contributed by atoms with van der Waals surface area (Å²) in [6.07, 6.45) is 9.74. The van der Waals surface area contributed by atoms with Gasteiger partial charge in [-0.15, -0.1) is 0 Å². The fourth-order valence-corrected chi connectivity index (χ4v) is 4.09. The summed E-state index contributed by atoms with van der Waals surface area (Å²) in [7, 11) is 3.93. The van der Waals surface area contributed by atoms with Gasteiger partial charge in [0.25, 0.3) is 5.91 Å². The summed E-state index contributed by atoms with van der Waals surface area (Å²) < 4.78 is 0. The highest BCUT2D eigenvalue weighted by molar-refractivity contribution is 5.94. The lowest BCUT2D eigenvalue weighted by Crippen LogP contribution is -2.48. The largest absolute Gasteiger partial charge is 0.367 e. The minimum atomic E-state index is -0.00670. The van der Waals surface area contributed by atoms with E-state index >= 15 is 0 Å². The Morgan fingerprint density at radius 3 is 3.00 bits per heavy atom. The maximum Gasteiger partial charge on any atom is 0.255 e. The predicted octanol–water partition coefficient (Wildman–Crippen LogP) is 1.99. The Morgan fingerprint density at radius 1 is 1.38 bits per heavy atom. The monoisotopic (exact) mass is 325 g/mol. The zero-order chi connectivity index (χ0) is 16.7. The van der Waals surface area contributed by atoms with Gasteiger partial charge in [0.05, 0.1) is 11.3 Å². The van der Waals surface area contributed by atoms with Gasteiger partial charge in [0, 0.05) is 51.2 Å². The third-order valence-electron chi connectivity index (χ3n) is 5.34. The van der Waals surface area contributed by atoms with Crippen LogP contribution in [0.25, 0.3) is 0 Å². The predicted molar refractivity (Wildman–Crippen MR) is 92.3 cm³/mol. The fraction of sp³-hybridized carbons (Fsp3) is 0.500. The number of likely N-dealkylation sites (tertiary alicyclic amines) is 1. The van der Waals surface area contributed by atoms with E-state index in [-0.39, 0.29) is 11.3 Å². The van der Waals surface area contributed by atoms with Crippen LogP contribution in [-0.2, 0) is 11.8 Å². The molecular weight excluding hydrogens is 302 g/mol. The Morgan fingerprint density at radius 2 is 2.25 bits per heavy atom. The van der Waals surface area contributed by atoms with E-state index < -0.39 is 0 Å². The van der Waals surface area contributed by atoms with Gasteiger partial charge in [-0.1, -0.05) is 0 Å². The van der Waals surface area contributed by atoms with Crippen LogP contribution in [0.1, 0.15) is 40.9 Å². The first-order valence-corrected chi connectivity index (χ1v) is 8.55. The molecule has 3 heterocycles. The first kappa shape index (κ1) is 15.2. The fourth-order valence-electron chi connectivity index (χ4n) is 4.09. The lowest BCUT2D eigenvalue weighted by atomic mass is 9.77.